The van der Waals surface area contributed by atoms with Gasteiger partial charge in [-0.15, -0.1) is 0 Å². The molecular weight excluding hydrogens is 245 g/mol. The fraction of sp³-hybridized carbons (Fsp3) is 0.500. The minimum absolute atomic E-state index is 0.142. The Morgan fingerprint density at radius 2 is 2.21 bits per heavy atom. The molecule has 0 spiro atoms. The maximum Gasteiger partial charge on any atom is 0.251 e. The smallest absolute Gasteiger partial charge is 0.251 e. The molecule has 104 valence electrons. The van der Waals surface area contributed by atoms with E-state index in [0.29, 0.717) is 6.04 Å². The molecule has 0 bridgehead atoms. The number of benzene rings is 1. The Balaban J connectivity index is 2.01. The fourth-order valence-electron chi connectivity index (χ4n) is 2.43. The third kappa shape index (κ3) is 3.44. The van der Waals surface area contributed by atoms with Crippen molar-refractivity contribution in [2.24, 2.45) is 0 Å². The van der Waals surface area contributed by atoms with Crippen molar-refractivity contribution in [2.45, 2.75) is 31.8 Å². The summed E-state index contributed by atoms with van der Waals surface area (Å²) in [7, 11) is 2.08. The lowest BCUT2D eigenvalue weighted by atomic mass is 9.98. The second kappa shape index (κ2) is 5.57. The SMILES string of the molecule is CC1CC(NC(=O)c2cc(N)cc(F)c2)CCN1C. The number of hydrogen-bond acceptors (Lipinski definition) is 3. The van der Waals surface area contributed by atoms with Crippen LogP contribution in [0.1, 0.15) is 30.1 Å². The van der Waals surface area contributed by atoms with Crippen LogP contribution in [0.5, 0.6) is 0 Å². The molecular formula is C14H20FN3O. The highest BCUT2D eigenvalue weighted by atomic mass is 19.1. The number of carbonyl (C=O) groups excluding carboxylic acids is 1. The zero-order valence-corrected chi connectivity index (χ0v) is 11.3. The van der Waals surface area contributed by atoms with Crippen LogP contribution in [-0.2, 0) is 0 Å². The molecule has 1 heterocycles. The highest BCUT2D eigenvalue weighted by Gasteiger charge is 2.24. The molecule has 0 aromatic heterocycles. The first kappa shape index (κ1) is 13.8. The van der Waals surface area contributed by atoms with Gasteiger partial charge in [-0.3, -0.25) is 4.79 Å². The van der Waals surface area contributed by atoms with Crippen molar-refractivity contribution in [1.82, 2.24) is 10.2 Å². The topological polar surface area (TPSA) is 58.4 Å². The van der Waals surface area contributed by atoms with Gasteiger partial charge in [-0.05, 0) is 45.0 Å². The number of nitrogens with zero attached hydrogens (tertiary/aromatic N) is 1. The van der Waals surface area contributed by atoms with Gasteiger partial charge in [0.1, 0.15) is 5.82 Å². The molecule has 1 aromatic rings. The zero-order chi connectivity index (χ0) is 14.0. The summed E-state index contributed by atoms with van der Waals surface area (Å²) >= 11 is 0. The van der Waals surface area contributed by atoms with Crippen molar-refractivity contribution in [3.8, 4) is 0 Å². The van der Waals surface area contributed by atoms with E-state index >= 15 is 0 Å². The molecule has 1 aromatic carbocycles. The van der Waals surface area contributed by atoms with Crippen molar-refractivity contribution in [3.05, 3.63) is 29.6 Å². The van der Waals surface area contributed by atoms with Crippen LogP contribution in [0.15, 0.2) is 18.2 Å². The summed E-state index contributed by atoms with van der Waals surface area (Å²) in [5.41, 5.74) is 6.09. The predicted octanol–water partition coefficient (Wildman–Crippen LogP) is 1.62. The van der Waals surface area contributed by atoms with E-state index in [9.17, 15) is 9.18 Å². The Bertz CT molecular complexity index is 458. The first-order valence-electron chi connectivity index (χ1n) is 6.53. The van der Waals surface area contributed by atoms with E-state index in [2.05, 4.69) is 24.2 Å². The van der Waals surface area contributed by atoms with Gasteiger partial charge in [0.05, 0.1) is 0 Å². The minimum Gasteiger partial charge on any atom is -0.399 e. The minimum atomic E-state index is -0.484. The van der Waals surface area contributed by atoms with E-state index in [0.717, 1.165) is 19.4 Å². The molecule has 2 rings (SSSR count). The molecule has 1 fully saturated rings. The number of nitrogens with one attached hydrogen (secondary N) is 1. The lowest BCUT2D eigenvalue weighted by Gasteiger charge is -2.35. The molecule has 1 aliphatic rings. The number of likely N-dealkylation sites (tertiary alicyclic amines) is 1. The van der Waals surface area contributed by atoms with Gasteiger partial charge in [0.2, 0.25) is 0 Å². The Hall–Kier alpha value is -1.62. The van der Waals surface area contributed by atoms with Crippen LogP contribution in [0.25, 0.3) is 0 Å². The van der Waals surface area contributed by atoms with Gasteiger partial charge < -0.3 is 16.0 Å². The van der Waals surface area contributed by atoms with Gasteiger partial charge in [0.25, 0.3) is 5.91 Å². The Morgan fingerprint density at radius 1 is 1.47 bits per heavy atom. The molecule has 5 heteroatoms. The van der Waals surface area contributed by atoms with E-state index in [-0.39, 0.29) is 23.2 Å². The molecule has 2 unspecified atom stereocenters. The number of piperidine rings is 1. The van der Waals surface area contributed by atoms with Crippen molar-refractivity contribution in [2.75, 3.05) is 19.3 Å². The van der Waals surface area contributed by atoms with Crippen molar-refractivity contribution in [3.63, 3.8) is 0 Å². The molecule has 0 aliphatic carbocycles. The highest BCUT2D eigenvalue weighted by Crippen LogP contribution is 2.16. The quantitative estimate of drug-likeness (QED) is 0.799. The highest BCUT2D eigenvalue weighted by molar-refractivity contribution is 5.95. The molecule has 1 aliphatic heterocycles. The maximum atomic E-state index is 13.2. The van der Waals surface area contributed by atoms with Crippen LogP contribution in [-0.4, -0.2) is 36.5 Å². The number of halogens is 1. The molecule has 4 nitrogen and oxygen atoms in total. The lowest BCUT2D eigenvalue weighted by molar-refractivity contribution is 0.0896. The van der Waals surface area contributed by atoms with Gasteiger partial charge in [-0.2, -0.15) is 0 Å². The van der Waals surface area contributed by atoms with E-state index in [1.54, 1.807) is 0 Å². The fourth-order valence-corrected chi connectivity index (χ4v) is 2.43. The predicted molar refractivity (Wildman–Crippen MR) is 73.4 cm³/mol. The number of rotatable bonds is 2. The normalized spacial score (nSPS) is 24.2. The molecule has 0 radical (unpaired) electrons. The number of nitrogens with two attached hydrogens (primary N) is 1. The van der Waals surface area contributed by atoms with E-state index < -0.39 is 5.82 Å². The monoisotopic (exact) mass is 265 g/mol. The largest absolute Gasteiger partial charge is 0.399 e. The van der Waals surface area contributed by atoms with Gasteiger partial charge in [0.15, 0.2) is 0 Å². The average molecular weight is 265 g/mol. The summed E-state index contributed by atoms with van der Waals surface area (Å²) in [6, 6.07) is 4.50. The number of anilines is 1. The Labute approximate surface area is 112 Å². The molecule has 1 saturated heterocycles. The average Bonchev–Trinajstić information content (AvgIpc) is 2.32. The van der Waals surface area contributed by atoms with E-state index in [1.807, 2.05) is 0 Å². The molecule has 2 atom stereocenters. The van der Waals surface area contributed by atoms with E-state index in [4.69, 9.17) is 5.73 Å². The van der Waals surface area contributed by atoms with Gasteiger partial charge in [0, 0.05) is 29.9 Å². The van der Waals surface area contributed by atoms with Crippen LogP contribution in [0.2, 0.25) is 0 Å². The molecule has 0 saturated carbocycles. The lowest BCUT2D eigenvalue weighted by Crippen LogP contribution is -2.47. The second-order valence-corrected chi connectivity index (χ2v) is 5.30. The van der Waals surface area contributed by atoms with E-state index in [1.165, 1.54) is 18.2 Å². The van der Waals surface area contributed by atoms with Crippen LogP contribution in [0.4, 0.5) is 10.1 Å². The second-order valence-electron chi connectivity index (χ2n) is 5.30. The first-order valence-corrected chi connectivity index (χ1v) is 6.53. The van der Waals surface area contributed by atoms with Gasteiger partial charge in [-0.25, -0.2) is 4.39 Å². The third-order valence-corrected chi connectivity index (χ3v) is 3.73. The van der Waals surface area contributed by atoms with Crippen LogP contribution in [0.3, 0.4) is 0 Å². The van der Waals surface area contributed by atoms with Crippen molar-refractivity contribution in [1.29, 1.82) is 0 Å². The summed E-state index contributed by atoms with van der Waals surface area (Å²) in [6.45, 7) is 3.09. The maximum absolute atomic E-state index is 13.2. The molecule has 1 amide bonds. The van der Waals surface area contributed by atoms with Gasteiger partial charge >= 0.3 is 0 Å². The number of carbonyl (C=O) groups is 1. The van der Waals surface area contributed by atoms with Crippen LogP contribution < -0.4 is 11.1 Å². The number of nitrogen functional groups attached to an aromatic ring is 1. The van der Waals surface area contributed by atoms with Crippen molar-refractivity contribution >= 4 is 11.6 Å². The summed E-state index contributed by atoms with van der Waals surface area (Å²) in [4.78, 5) is 14.3. The van der Waals surface area contributed by atoms with Crippen LogP contribution >= 0.6 is 0 Å². The molecule has 3 N–H and O–H groups in total. The first-order chi connectivity index (χ1) is 8.95. The van der Waals surface area contributed by atoms with Crippen molar-refractivity contribution < 1.29 is 9.18 Å². The third-order valence-electron chi connectivity index (χ3n) is 3.73. The molecule has 19 heavy (non-hydrogen) atoms. The van der Waals surface area contributed by atoms with Crippen LogP contribution in [0, 0.1) is 5.82 Å². The Morgan fingerprint density at radius 3 is 2.84 bits per heavy atom. The summed E-state index contributed by atoms with van der Waals surface area (Å²) in [5, 5.41) is 2.95. The van der Waals surface area contributed by atoms with Gasteiger partial charge in [-0.1, -0.05) is 0 Å². The number of amides is 1. The summed E-state index contributed by atoms with van der Waals surface area (Å²) in [5.74, 6) is -0.741. The Kier molecular flexibility index (Phi) is 4.04. The number of hydrogen-bond donors (Lipinski definition) is 2. The standard InChI is InChI=1S/C14H20FN3O/c1-9-5-13(3-4-18(9)2)17-14(19)10-6-11(15)8-12(16)7-10/h6-9,13H,3-5,16H2,1-2H3,(H,17,19). The summed E-state index contributed by atoms with van der Waals surface area (Å²) in [6.07, 6.45) is 1.82. The summed E-state index contributed by atoms with van der Waals surface area (Å²) < 4.78 is 13.2. The zero-order valence-electron chi connectivity index (χ0n) is 11.3.